The topological polar surface area (TPSA) is 39.2 Å². The quantitative estimate of drug-likeness (QED) is 0.585. The van der Waals surface area contributed by atoms with Crippen molar-refractivity contribution in [3.05, 3.63) is 24.3 Å². The summed E-state index contributed by atoms with van der Waals surface area (Å²) in [6, 6.07) is 7.80. The van der Waals surface area contributed by atoms with E-state index >= 15 is 0 Å². The monoisotopic (exact) mass is 131 g/mol. The number of rotatable bonds is 0. The standard InChI is InChI=1S/C7H6BNO/c9-7-5-3-1-2-4-6(5)8-10-7/h1-4H,9H2. The molecular formula is C7H6BNO. The second kappa shape index (κ2) is 1.87. The number of hydrogen-bond acceptors (Lipinski definition) is 2. The van der Waals surface area contributed by atoms with Gasteiger partial charge < -0.3 is 0 Å². The van der Waals surface area contributed by atoms with E-state index < -0.39 is 0 Å². The molecule has 0 aliphatic carbocycles. The molecule has 0 radical (unpaired) electrons. The first-order chi connectivity index (χ1) is 4.88. The first-order valence-corrected chi connectivity index (χ1v) is 3.09. The zero-order valence-corrected chi connectivity index (χ0v) is 5.37. The van der Waals surface area contributed by atoms with E-state index in [0.717, 1.165) is 10.7 Å². The van der Waals surface area contributed by atoms with Crippen molar-refractivity contribution >= 4 is 23.7 Å². The molecule has 1 heterocycles. The van der Waals surface area contributed by atoms with Gasteiger partial charge >= 0.3 is 58.0 Å². The minimum absolute atomic E-state index is 0.496. The van der Waals surface area contributed by atoms with Gasteiger partial charge in [0.2, 0.25) is 0 Å². The molecule has 2 rings (SSSR count). The second-order valence-corrected chi connectivity index (χ2v) is 2.19. The van der Waals surface area contributed by atoms with Crippen LogP contribution in [0.2, 0.25) is 0 Å². The van der Waals surface area contributed by atoms with Gasteiger partial charge in [-0.2, -0.15) is 0 Å². The molecule has 0 saturated carbocycles. The summed E-state index contributed by atoms with van der Waals surface area (Å²) in [4.78, 5) is 0. The molecule has 0 aliphatic heterocycles. The Morgan fingerprint density at radius 3 is 2.90 bits per heavy atom. The molecule has 2 aromatic rings. The van der Waals surface area contributed by atoms with Gasteiger partial charge in [-0.25, -0.2) is 0 Å². The Morgan fingerprint density at radius 1 is 1.30 bits per heavy atom. The van der Waals surface area contributed by atoms with Crippen LogP contribution in [0.4, 0.5) is 5.88 Å². The molecule has 48 valence electrons. The van der Waals surface area contributed by atoms with E-state index in [1.54, 1.807) is 7.13 Å². The summed E-state index contributed by atoms with van der Waals surface area (Å²) in [6.45, 7) is 0. The van der Waals surface area contributed by atoms with Gasteiger partial charge in [-0.1, -0.05) is 0 Å². The Hall–Kier alpha value is -1.25. The van der Waals surface area contributed by atoms with Gasteiger partial charge in [0.1, 0.15) is 0 Å². The van der Waals surface area contributed by atoms with Crippen molar-refractivity contribution in [3.63, 3.8) is 0 Å². The van der Waals surface area contributed by atoms with Crippen LogP contribution in [0.25, 0.3) is 10.7 Å². The molecule has 1 aromatic heterocycles. The molecule has 0 aliphatic rings. The first-order valence-electron chi connectivity index (χ1n) is 3.09. The van der Waals surface area contributed by atoms with Crippen LogP contribution in [0.3, 0.4) is 0 Å². The second-order valence-electron chi connectivity index (χ2n) is 2.19. The maximum absolute atomic E-state index is 5.51. The van der Waals surface area contributed by atoms with Crippen LogP contribution in [0.1, 0.15) is 0 Å². The SMILES string of the molecule is Nc1obc2ccccc12. The normalized spacial score (nSPS) is 10.0. The fourth-order valence-electron chi connectivity index (χ4n) is 1.01. The van der Waals surface area contributed by atoms with E-state index in [0.29, 0.717) is 5.88 Å². The summed E-state index contributed by atoms with van der Waals surface area (Å²) >= 11 is 0. The van der Waals surface area contributed by atoms with E-state index in [9.17, 15) is 0 Å². The Kier molecular flexibility index (Phi) is 1.03. The number of nitrogens with two attached hydrogens (primary N) is 1. The Bertz CT molecular complexity index is 355. The molecule has 0 spiro atoms. The average Bonchev–Trinajstić information content (AvgIpc) is 2.34. The summed E-state index contributed by atoms with van der Waals surface area (Å²) in [5.74, 6) is 0.496. The molecule has 0 unspecified atom stereocenters. The van der Waals surface area contributed by atoms with Crippen molar-refractivity contribution in [2.24, 2.45) is 0 Å². The summed E-state index contributed by atoms with van der Waals surface area (Å²) < 4.78 is 4.99. The number of benzene rings is 1. The molecule has 2 nitrogen and oxygen atoms in total. The maximum atomic E-state index is 5.51. The van der Waals surface area contributed by atoms with Crippen molar-refractivity contribution in [3.8, 4) is 0 Å². The van der Waals surface area contributed by atoms with Gasteiger partial charge in [-0.15, -0.1) is 0 Å². The summed E-state index contributed by atoms with van der Waals surface area (Å²) in [6.07, 6.45) is 0. The van der Waals surface area contributed by atoms with E-state index in [1.165, 1.54) is 0 Å². The number of fused-ring (bicyclic) bond motifs is 1. The van der Waals surface area contributed by atoms with Crippen LogP contribution in [0.5, 0.6) is 0 Å². The molecule has 3 heteroatoms. The van der Waals surface area contributed by atoms with Gasteiger partial charge in [-0.05, 0) is 0 Å². The molecule has 10 heavy (non-hydrogen) atoms. The number of hydrogen-bond donors (Lipinski definition) is 1. The van der Waals surface area contributed by atoms with Crippen molar-refractivity contribution in [2.45, 2.75) is 0 Å². The molecular weight excluding hydrogens is 125 g/mol. The van der Waals surface area contributed by atoms with Crippen LogP contribution >= 0.6 is 0 Å². The van der Waals surface area contributed by atoms with E-state index in [-0.39, 0.29) is 0 Å². The molecule has 2 N–H and O–H groups in total. The first kappa shape index (κ1) is 5.53. The van der Waals surface area contributed by atoms with Crippen LogP contribution in [0.15, 0.2) is 28.6 Å². The summed E-state index contributed by atoms with van der Waals surface area (Å²) in [5, 5.41) is 2.04. The van der Waals surface area contributed by atoms with E-state index in [2.05, 4.69) is 0 Å². The molecule has 0 fully saturated rings. The molecule has 0 bridgehead atoms. The summed E-state index contributed by atoms with van der Waals surface area (Å²) in [5.41, 5.74) is 5.51. The molecule has 0 amide bonds. The van der Waals surface area contributed by atoms with Gasteiger partial charge in [-0.3, -0.25) is 0 Å². The van der Waals surface area contributed by atoms with Gasteiger partial charge in [0.15, 0.2) is 0 Å². The fourth-order valence-corrected chi connectivity index (χ4v) is 1.01. The fraction of sp³-hybridized carbons (Fsp3) is 0. The third kappa shape index (κ3) is 0.636. The predicted octanol–water partition coefficient (Wildman–Crippen LogP) is 1.35. The van der Waals surface area contributed by atoms with Crippen molar-refractivity contribution in [1.82, 2.24) is 0 Å². The minimum atomic E-state index is 0.496. The predicted molar refractivity (Wildman–Crippen MR) is 42.0 cm³/mol. The van der Waals surface area contributed by atoms with Crippen molar-refractivity contribution in [1.29, 1.82) is 0 Å². The van der Waals surface area contributed by atoms with Crippen molar-refractivity contribution < 1.29 is 4.33 Å². The van der Waals surface area contributed by atoms with Gasteiger partial charge in [0.05, 0.1) is 0 Å². The van der Waals surface area contributed by atoms with Gasteiger partial charge in [0.25, 0.3) is 0 Å². The third-order valence-corrected chi connectivity index (χ3v) is 1.54. The number of anilines is 1. The van der Waals surface area contributed by atoms with Crippen LogP contribution in [0, 0.1) is 0 Å². The third-order valence-electron chi connectivity index (χ3n) is 1.54. The van der Waals surface area contributed by atoms with E-state index in [1.807, 2.05) is 24.3 Å². The zero-order chi connectivity index (χ0) is 6.97. The molecule has 1 aromatic carbocycles. The Balaban J connectivity index is 2.93. The Morgan fingerprint density at radius 2 is 2.10 bits per heavy atom. The number of nitrogen functional groups attached to an aromatic ring is 1. The Labute approximate surface area is 58.9 Å². The van der Waals surface area contributed by atoms with Gasteiger partial charge in [0, 0.05) is 0 Å². The van der Waals surface area contributed by atoms with Crippen LogP contribution in [-0.2, 0) is 0 Å². The van der Waals surface area contributed by atoms with E-state index in [4.69, 9.17) is 10.1 Å². The van der Waals surface area contributed by atoms with Crippen LogP contribution < -0.4 is 5.73 Å². The van der Waals surface area contributed by atoms with Crippen LogP contribution in [-0.4, -0.2) is 7.13 Å². The van der Waals surface area contributed by atoms with Crippen molar-refractivity contribution in [2.75, 3.05) is 5.73 Å². The average molecular weight is 131 g/mol. The molecule has 0 atom stereocenters. The molecule has 0 saturated heterocycles. The summed E-state index contributed by atoms with van der Waals surface area (Å²) in [7, 11) is 1.66. The zero-order valence-electron chi connectivity index (χ0n) is 5.37.